The number of fused-ring (bicyclic) bond motifs is 1. The van der Waals surface area contributed by atoms with Gasteiger partial charge in [0, 0.05) is 13.1 Å². The highest BCUT2D eigenvalue weighted by Crippen LogP contribution is 2.33. The molecule has 1 aromatic carbocycles. The lowest BCUT2D eigenvalue weighted by Gasteiger charge is -2.38. The molecule has 0 unspecified atom stereocenters. The van der Waals surface area contributed by atoms with Crippen molar-refractivity contribution in [1.82, 2.24) is 20.2 Å². The lowest BCUT2D eigenvalue weighted by Crippen LogP contribution is -2.44. The zero-order valence-electron chi connectivity index (χ0n) is 14.3. The van der Waals surface area contributed by atoms with Crippen molar-refractivity contribution >= 4 is 28.6 Å². The average Bonchev–Trinajstić information content (AvgIpc) is 3.05. The first kappa shape index (κ1) is 17.2. The molecule has 1 fully saturated rings. The minimum atomic E-state index is -0.588. The predicted octanol–water partition coefficient (Wildman–Crippen LogP) is 3.55. The Kier molecular flexibility index (Phi) is 4.28. The molecular formula is C18H19ClFN5O. The Hall–Kier alpha value is -2.25. The van der Waals surface area contributed by atoms with Crippen molar-refractivity contribution in [3.8, 4) is 11.3 Å². The Morgan fingerprint density at radius 1 is 1.35 bits per heavy atom. The number of hydrogen-bond donors (Lipinski definition) is 2. The molecule has 0 atom stereocenters. The maximum absolute atomic E-state index is 14.2. The smallest absolute Gasteiger partial charge is 0.202 e. The van der Waals surface area contributed by atoms with Crippen molar-refractivity contribution in [2.75, 3.05) is 18.0 Å². The van der Waals surface area contributed by atoms with E-state index in [1.165, 1.54) is 6.07 Å². The van der Waals surface area contributed by atoms with Crippen LogP contribution in [0.3, 0.4) is 0 Å². The number of aromatic amines is 1. The number of benzene rings is 1. The summed E-state index contributed by atoms with van der Waals surface area (Å²) in [6.45, 7) is 3.42. The molecule has 4 rings (SSSR count). The number of hydrogen-bond acceptors (Lipinski definition) is 5. The zero-order valence-corrected chi connectivity index (χ0v) is 15.1. The second-order valence-electron chi connectivity index (χ2n) is 6.66. The number of aliphatic hydroxyl groups is 1. The summed E-state index contributed by atoms with van der Waals surface area (Å²) < 4.78 is 14.2. The van der Waals surface area contributed by atoms with E-state index in [9.17, 15) is 9.50 Å². The van der Waals surface area contributed by atoms with Crippen molar-refractivity contribution in [2.24, 2.45) is 0 Å². The molecule has 0 saturated carbocycles. The zero-order chi connectivity index (χ0) is 18.3. The second-order valence-corrected chi connectivity index (χ2v) is 7.07. The molecule has 0 spiro atoms. The maximum atomic E-state index is 14.2. The molecule has 0 aliphatic carbocycles. The van der Waals surface area contributed by atoms with Crippen LogP contribution < -0.4 is 4.90 Å². The van der Waals surface area contributed by atoms with Gasteiger partial charge in [-0.15, -0.1) is 0 Å². The molecule has 0 bridgehead atoms. The van der Waals surface area contributed by atoms with Crippen LogP contribution in [0.2, 0.25) is 5.02 Å². The Morgan fingerprint density at radius 3 is 2.81 bits per heavy atom. The van der Waals surface area contributed by atoms with Gasteiger partial charge in [0.1, 0.15) is 17.2 Å². The van der Waals surface area contributed by atoms with Crippen LogP contribution in [0, 0.1) is 5.82 Å². The molecule has 1 aliphatic heterocycles. The molecule has 26 heavy (non-hydrogen) atoms. The van der Waals surface area contributed by atoms with E-state index >= 15 is 0 Å². The molecule has 2 aromatic heterocycles. The van der Waals surface area contributed by atoms with Crippen LogP contribution in [0.4, 0.5) is 10.2 Å². The van der Waals surface area contributed by atoms with Crippen molar-refractivity contribution < 1.29 is 9.50 Å². The van der Waals surface area contributed by atoms with Crippen molar-refractivity contribution in [2.45, 2.75) is 31.8 Å². The summed E-state index contributed by atoms with van der Waals surface area (Å²) in [4.78, 5) is 11.1. The standard InChI is InChI=1S/C18H19ClFN5O/c1-2-18(26)6-8-25(9-7-18)13-10-21-16-15(23-24-17(16)22-13)14-11(19)4-3-5-12(14)20/h3-5,10,26H,2,6-9H2,1H3,(H,22,23,24). The first-order valence-corrected chi connectivity index (χ1v) is 9.01. The van der Waals surface area contributed by atoms with Crippen LogP contribution in [0.15, 0.2) is 24.4 Å². The number of H-pyrrole nitrogens is 1. The van der Waals surface area contributed by atoms with Crippen molar-refractivity contribution in [1.29, 1.82) is 0 Å². The number of piperidine rings is 1. The van der Waals surface area contributed by atoms with Gasteiger partial charge in [-0.05, 0) is 31.4 Å². The van der Waals surface area contributed by atoms with Gasteiger partial charge >= 0.3 is 0 Å². The fourth-order valence-electron chi connectivity index (χ4n) is 3.36. The Morgan fingerprint density at radius 2 is 2.12 bits per heavy atom. The number of aromatic nitrogens is 4. The van der Waals surface area contributed by atoms with Gasteiger partial charge in [0.2, 0.25) is 5.65 Å². The molecule has 0 amide bonds. The molecule has 3 aromatic rings. The first-order chi connectivity index (χ1) is 12.5. The van der Waals surface area contributed by atoms with Gasteiger partial charge in [-0.3, -0.25) is 5.10 Å². The molecule has 3 heterocycles. The number of halogens is 2. The van der Waals surface area contributed by atoms with E-state index in [4.69, 9.17) is 11.6 Å². The van der Waals surface area contributed by atoms with Crippen LogP contribution in [-0.2, 0) is 0 Å². The molecule has 1 aliphatic rings. The summed E-state index contributed by atoms with van der Waals surface area (Å²) in [5, 5.41) is 17.6. The molecule has 0 radical (unpaired) electrons. The van der Waals surface area contributed by atoms with Gasteiger partial charge in [-0.1, -0.05) is 24.6 Å². The quantitative estimate of drug-likeness (QED) is 0.732. The van der Waals surface area contributed by atoms with Gasteiger partial charge in [0.15, 0.2) is 0 Å². The lowest BCUT2D eigenvalue weighted by atomic mass is 9.89. The summed E-state index contributed by atoms with van der Waals surface area (Å²) in [7, 11) is 0. The highest BCUT2D eigenvalue weighted by atomic mass is 35.5. The largest absolute Gasteiger partial charge is 0.390 e. The molecule has 8 heteroatoms. The predicted molar refractivity (Wildman–Crippen MR) is 98.8 cm³/mol. The van der Waals surface area contributed by atoms with Crippen molar-refractivity contribution in [3.05, 3.63) is 35.2 Å². The summed E-state index contributed by atoms with van der Waals surface area (Å²) in [6, 6.07) is 4.52. The van der Waals surface area contributed by atoms with Gasteiger partial charge in [0.25, 0.3) is 0 Å². The number of anilines is 1. The third kappa shape index (κ3) is 2.91. The SMILES string of the molecule is CCC1(O)CCN(c2cnc3c(-c4c(F)cccc4Cl)[nH]nc3n2)CC1. The highest BCUT2D eigenvalue weighted by Gasteiger charge is 2.31. The van der Waals surface area contributed by atoms with Crippen molar-refractivity contribution in [3.63, 3.8) is 0 Å². The highest BCUT2D eigenvalue weighted by molar-refractivity contribution is 6.33. The molecule has 1 saturated heterocycles. The summed E-state index contributed by atoms with van der Waals surface area (Å²) >= 11 is 6.15. The lowest BCUT2D eigenvalue weighted by molar-refractivity contribution is 0.0125. The fraction of sp³-hybridized carbons (Fsp3) is 0.389. The summed E-state index contributed by atoms with van der Waals surface area (Å²) in [5.41, 5.74) is 0.955. The minimum absolute atomic E-state index is 0.240. The summed E-state index contributed by atoms with van der Waals surface area (Å²) in [6.07, 6.45) is 3.80. The Labute approximate surface area is 155 Å². The van der Waals surface area contributed by atoms with Gasteiger partial charge in [-0.2, -0.15) is 5.10 Å². The average molecular weight is 376 g/mol. The fourth-order valence-corrected chi connectivity index (χ4v) is 3.61. The molecule has 136 valence electrons. The molecule has 6 nitrogen and oxygen atoms in total. The third-order valence-electron chi connectivity index (χ3n) is 5.14. The Bertz CT molecular complexity index is 932. The van der Waals surface area contributed by atoms with Crippen LogP contribution >= 0.6 is 11.6 Å². The van der Waals surface area contributed by atoms with Crippen LogP contribution in [0.25, 0.3) is 22.4 Å². The van der Waals surface area contributed by atoms with Gasteiger partial charge in [0.05, 0.1) is 28.1 Å². The van der Waals surface area contributed by atoms with E-state index in [-0.39, 0.29) is 10.6 Å². The third-order valence-corrected chi connectivity index (χ3v) is 5.46. The van der Waals surface area contributed by atoms with E-state index < -0.39 is 11.4 Å². The monoisotopic (exact) mass is 375 g/mol. The number of rotatable bonds is 3. The minimum Gasteiger partial charge on any atom is -0.390 e. The van der Waals surface area contributed by atoms with E-state index in [0.29, 0.717) is 48.6 Å². The van der Waals surface area contributed by atoms with E-state index in [1.54, 1.807) is 18.3 Å². The topological polar surface area (TPSA) is 77.9 Å². The van der Waals surface area contributed by atoms with Crippen LogP contribution in [0.5, 0.6) is 0 Å². The van der Waals surface area contributed by atoms with Gasteiger partial charge in [-0.25, -0.2) is 14.4 Å². The first-order valence-electron chi connectivity index (χ1n) is 8.63. The van der Waals surface area contributed by atoms with E-state index in [2.05, 4.69) is 25.1 Å². The normalized spacial score (nSPS) is 17.0. The van der Waals surface area contributed by atoms with E-state index in [1.807, 2.05) is 6.92 Å². The summed E-state index contributed by atoms with van der Waals surface area (Å²) in [5.74, 6) is 0.261. The van der Waals surface area contributed by atoms with E-state index in [0.717, 1.165) is 6.42 Å². The number of nitrogens with zero attached hydrogens (tertiary/aromatic N) is 4. The second kappa shape index (κ2) is 6.48. The maximum Gasteiger partial charge on any atom is 0.202 e. The Balaban J connectivity index is 1.67. The molecule has 2 N–H and O–H groups in total. The number of nitrogens with one attached hydrogen (secondary N) is 1. The van der Waals surface area contributed by atoms with Gasteiger partial charge < -0.3 is 10.0 Å². The molecular weight excluding hydrogens is 357 g/mol. The van der Waals surface area contributed by atoms with Crippen LogP contribution in [-0.4, -0.2) is 44.0 Å². The van der Waals surface area contributed by atoms with Crippen LogP contribution in [0.1, 0.15) is 26.2 Å².